The summed E-state index contributed by atoms with van der Waals surface area (Å²) in [5.74, 6) is 0.436. The Balaban J connectivity index is 2.27. The highest BCUT2D eigenvalue weighted by Gasteiger charge is 2.28. The largest absolute Gasteiger partial charge is 0.352 e. The van der Waals surface area contributed by atoms with Gasteiger partial charge >= 0.3 is 0 Å². The lowest BCUT2D eigenvalue weighted by molar-refractivity contribution is -0.124. The molecule has 0 radical (unpaired) electrons. The summed E-state index contributed by atoms with van der Waals surface area (Å²) in [6, 6.07) is -0.240. The van der Waals surface area contributed by atoms with E-state index in [0.29, 0.717) is 12.2 Å². The van der Waals surface area contributed by atoms with E-state index in [0.717, 1.165) is 19.3 Å². The van der Waals surface area contributed by atoms with Crippen molar-refractivity contribution in [2.75, 3.05) is 0 Å². The molecule has 0 bridgehead atoms. The first-order chi connectivity index (χ1) is 9.32. The molecule has 112 valence electrons. The van der Waals surface area contributed by atoms with Gasteiger partial charge < -0.3 is 9.88 Å². The molecular weight excluding hydrogens is 302 g/mol. The zero-order valence-corrected chi connectivity index (χ0v) is 13.0. The Morgan fingerprint density at radius 2 is 2.25 bits per heavy atom. The Kier molecular flexibility index (Phi) is 4.39. The molecule has 0 aliphatic heterocycles. The SMILES string of the molecule is CCCc1nc(S(=O)(=O)Cl)cn1C(C)C(=O)NC1CC1. The predicted molar refractivity (Wildman–Crippen MR) is 75.1 cm³/mol. The Morgan fingerprint density at radius 1 is 1.60 bits per heavy atom. The van der Waals surface area contributed by atoms with E-state index < -0.39 is 15.1 Å². The number of amides is 1. The van der Waals surface area contributed by atoms with Crippen LogP contribution in [0.2, 0.25) is 0 Å². The van der Waals surface area contributed by atoms with Gasteiger partial charge in [-0.05, 0) is 26.2 Å². The molecule has 1 aromatic heterocycles. The molecule has 0 saturated heterocycles. The summed E-state index contributed by atoms with van der Waals surface area (Å²) in [5, 5.41) is 2.70. The van der Waals surface area contributed by atoms with E-state index in [2.05, 4.69) is 10.3 Å². The molecule has 1 aliphatic carbocycles. The van der Waals surface area contributed by atoms with Gasteiger partial charge in [-0.15, -0.1) is 0 Å². The molecule has 2 rings (SSSR count). The monoisotopic (exact) mass is 319 g/mol. The van der Waals surface area contributed by atoms with Crippen molar-refractivity contribution in [1.29, 1.82) is 0 Å². The summed E-state index contributed by atoms with van der Waals surface area (Å²) in [5.41, 5.74) is 0. The van der Waals surface area contributed by atoms with Gasteiger partial charge in [0.05, 0.1) is 0 Å². The Labute approximate surface area is 122 Å². The number of halogens is 1. The van der Waals surface area contributed by atoms with Gasteiger partial charge in [0.25, 0.3) is 9.05 Å². The van der Waals surface area contributed by atoms with Gasteiger partial charge in [0, 0.05) is 29.3 Å². The minimum atomic E-state index is -3.88. The van der Waals surface area contributed by atoms with Gasteiger partial charge in [-0.25, -0.2) is 13.4 Å². The number of aromatic nitrogens is 2. The van der Waals surface area contributed by atoms with Crippen molar-refractivity contribution >= 4 is 25.6 Å². The molecule has 1 amide bonds. The molecule has 1 unspecified atom stereocenters. The molecule has 8 heteroatoms. The van der Waals surface area contributed by atoms with Crippen LogP contribution in [-0.2, 0) is 20.3 Å². The van der Waals surface area contributed by atoms with E-state index >= 15 is 0 Å². The maximum atomic E-state index is 12.1. The van der Waals surface area contributed by atoms with Crippen LogP contribution < -0.4 is 5.32 Å². The molecule has 1 aliphatic rings. The zero-order chi connectivity index (χ0) is 14.9. The number of hydrogen-bond donors (Lipinski definition) is 1. The number of nitrogens with zero attached hydrogens (tertiary/aromatic N) is 2. The molecule has 1 heterocycles. The first-order valence-corrected chi connectivity index (χ1v) is 8.96. The Morgan fingerprint density at radius 3 is 2.75 bits per heavy atom. The number of rotatable bonds is 6. The second kappa shape index (κ2) is 5.73. The van der Waals surface area contributed by atoms with Gasteiger partial charge in [-0.3, -0.25) is 4.79 Å². The standard InChI is InChI=1S/C12H18ClN3O3S/c1-3-4-10-15-11(20(13,18)19)7-16(10)8(2)12(17)14-9-5-6-9/h7-9H,3-6H2,1-2H3,(H,14,17). The molecule has 1 saturated carbocycles. The van der Waals surface area contributed by atoms with Crippen LogP contribution >= 0.6 is 10.7 Å². The topological polar surface area (TPSA) is 81.1 Å². The minimum absolute atomic E-state index is 0.124. The second-order valence-electron chi connectivity index (χ2n) is 5.05. The molecule has 1 N–H and O–H groups in total. The zero-order valence-electron chi connectivity index (χ0n) is 11.5. The van der Waals surface area contributed by atoms with Crippen LogP contribution in [0.4, 0.5) is 0 Å². The fourth-order valence-corrected chi connectivity index (χ4v) is 2.62. The van der Waals surface area contributed by atoms with Gasteiger partial charge in [-0.2, -0.15) is 0 Å². The average Bonchev–Trinajstić information content (AvgIpc) is 3.05. The molecule has 1 atom stereocenters. The van der Waals surface area contributed by atoms with E-state index in [1.807, 2.05) is 6.92 Å². The third-order valence-corrected chi connectivity index (χ3v) is 4.40. The quantitative estimate of drug-likeness (QED) is 0.808. The first-order valence-electron chi connectivity index (χ1n) is 6.65. The molecular formula is C12H18ClN3O3S. The van der Waals surface area contributed by atoms with Crippen LogP contribution in [0, 0.1) is 0 Å². The summed E-state index contributed by atoms with van der Waals surface area (Å²) < 4.78 is 24.3. The first kappa shape index (κ1) is 15.3. The number of imidazole rings is 1. The number of carbonyl (C=O) groups is 1. The highest BCUT2D eigenvalue weighted by Crippen LogP contribution is 2.22. The van der Waals surface area contributed by atoms with Gasteiger partial charge in [0.1, 0.15) is 11.9 Å². The van der Waals surface area contributed by atoms with Crippen molar-refractivity contribution in [2.45, 2.75) is 56.6 Å². The minimum Gasteiger partial charge on any atom is -0.352 e. The summed E-state index contributed by atoms with van der Waals surface area (Å²) >= 11 is 0. The molecule has 6 nitrogen and oxygen atoms in total. The highest BCUT2D eigenvalue weighted by atomic mass is 35.7. The molecule has 0 spiro atoms. The lowest BCUT2D eigenvalue weighted by Gasteiger charge is -2.15. The van der Waals surface area contributed by atoms with Gasteiger partial charge in [0.2, 0.25) is 5.91 Å². The smallest absolute Gasteiger partial charge is 0.280 e. The van der Waals surface area contributed by atoms with Crippen LogP contribution in [0.5, 0.6) is 0 Å². The second-order valence-corrected chi connectivity index (χ2v) is 7.56. The number of carbonyl (C=O) groups excluding carboxylic acids is 1. The van der Waals surface area contributed by atoms with Crippen LogP contribution in [0.25, 0.3) is 0 Å². The van der Waals surface area contributed by atoms with Crippen LogP contribution in [0.1, 0.15) is 45.0 Å². The van der Waals surface area contributed by atoms with E-state index in [4.69, 9.17) is 10.7 Å². The van der Waals surface area contributed by atoms with Gasteiger partial charge in [-0.1, -0.05) is 6.92 Å². The number of nitrogens with one attached hydrogen (secondary N) is 1. The maximum Gasteiger partial charge on any atom is 0.280 e. The fourth-order valence-electron chi connectivity index (χ4n) is 1.94. The Hall–Kier alpha value is -1.08. The van der Waals surface area contributed by atoms with E-state index in [1.165, 1.54) is 6.20 Å². The summed E-state index contributed by atoms with van der Waals surface area (Å²) in [4.78, 5) is 16.1. The average molecular weight is 320 g/mol. The highest BCUT2D eigenvalue weighted by molar-refractivity contribution is 8.13. The number of aryl methyl sites for hydroxylation is 1. The van der Waals surface area contributed by atoms with Crippen molar-refractivity contribution in [1.82, 2.24) is 14.9 Å². The molecule has 1 aromatic rings. The van der Waals surface area contributed by atoms with Crippen molar-refractivity contribution in [3.63, 3.8) is 0 Å². The lowest BCUT2D eigenvalue weighted by atomic mass is 10.2. The van der Waals surface area contributed by atoms with Gasteiger partial charge in [0.15, 0.2) is 5.03 Å². The predicted octanol–water partition coefficient (Wildman–Crippen LogP) is 1.60. The van der Waals surface area contributed by atoms with E-state index in [1.54, 1.807) is 11.5 Å². The third-order valence-electron chi connectivity index (χ3n) is 3.23. The van der Waals surface area contributed by atoms with Crippen molar-refractivity contribution < 1.29 is 13.2 Å². The van der Waals surface area contributed by atoms with Crippen molar-refractivity contribution in [3.05, 3.63) is 12.0 Å². The molecule has 0 aromatic carbocycles. The van der Waals surface area contributed by atoms with Crippen LogP contribution in [-0.4, -0.2) is 29.9 Å². The van der Waals surface area contributed by atoms with Crippen molar-refractivity contribution in [2.24, 2.45) is 0 Å². The molecule has 20 heavy (non-hydrogen) atoms. The van der Waals surface area contributed by atoms with Crippen LogP contribution in [0.15, 0.2) is 11.2 Å². The lowest BCUT2D eigenvalue weighted by Crippen LogP contribution is -2.32. The molecule has 1 fully saturated rings. The Bertz CT molecular complexity index is 607. The summed E-state index contributed by atoms with van der Waals surface area (Å²) in [6.07, 6.45) is 4.74. The normalized spacial score (nSPS) is 16.9. The fraction of sp³-hybridized carbons (Fsp3) is 0.667. The maximum absolute atomic E-state index is 12.1. The third kappa shape index (κ3) is 3.52. The van der Waals surface area contributed by atoms with E-state index in [9.17, 15) is 13.2 Å². The number of hydrogen-bond acceptors (Lipinski definition) is 4. The summed E-state index contributed by atoms with van der Waals surface area (Å²) in [7, 11) is 1.43. The van der Waals surface area contributed by atoms with E-state index in [-0.39, 0.29) is 17.0 Å². The van der Waals surface area contributed by atoms with Crippen molar-refractivity contribution in [3.8, 4) is 0 Å². The summed E-state index contributed by atoms with van der Waals surface area (Å²) in [6.45, 7) is 3.69. The van der Waals surface area contributed by atoms with Crippen LogP contribution in [0.3, 0.4) is 0 Å².